The summed E-state index contributed by atoms with van der Waals surface area (Å²) in [6.07, 6.45) is 5.94. The van der Waals surface area contributed by atoms with Crippen LogP contribution in [0.15, 0.2) is 30.3 Å². The zero-order valence-corrected chi connectivity index (χ0v) is 18.7. The zero-order valence-electron chi connectivity index (χ0n) is 18.7. The van der Waals surface area contributed by atoms with Gasteiger partial charge in [0.05, 0.1) is 23.9 Å². The van der Waals surface area contributed by atoms with Crippen molar-refractivity contribution >= 4 is 17.3 Å². The van der Waals surface area contributed by atoms with Crippen molar-refractivity contribution in [2.75, 3.05) is 30.3 Å². The van der Waals surface area contributed by atoms with Crippen molar-refractivity contribution in [2.24, 2.45) is 0 Å². The molecule has 1 unspecified atom stereocenters. The fraction of sp³-hybridized carbons (Fsp3) is 0.462. The van der Waals surface area contributed by atoms with Gasteiger partial charge in [0.25, 0.3) is 5.91 Å². The second-order valence-electron chi connectivity index (χ2n) is 9.30. The molecule has 2 aromatic carbocycles. The molecule has 7 nitrogen and oxygen atoms in total. The van der Waals surface area contributed by atoms with Crippen molar-refractivity contribution in [3.05, 3.63) is 47.0 Å². The molecule has 3 aliphatic rings. The highest BCUT2D eigenvalue weighted by Gasteiger charge is 2.29. The minimum Gasteiger partial charge on any atom is -0.508 e. The minimum atomic E-state index is -0.706. The summed E-state index contributed by atoms with van der Waals surface area (Å²) < 4.78 is 5.93. The number of nitrogens with zero attached hydrogens (tertiary/aromatic N) is 1. The van der Waals surface area contributed by atoms with E-state index in [0.717, 1.165) is 49.9 Å². The lowest BCUT2D eigenvalue weighted by molar-refractivity contribution is -0.122. The number of amides is 1. The summed E-state index contributed by atoms with van der Waals surface area (Å²) in [5, 5.41) is 29.6. The van der Waals surface area contributed by atoms with E-state index >= 15 is 0 Å². The molecule has 4 N–H and O–H groups in total. The van der Waals surface area contributed by atoms with Gasteiger partial charge in [0.2, 0.25) is 0 Å². The number of anilines is 2. The Morgan fingerprint density at radius 2 is 1.85 bits per heavy atom. The maximum atomic E-state index is 13.2. The van der Waals surface area contributed by atoms with Crippen LogP contribution in [0.5, 0.6) is 11.5 Å². The summed E-state index contributed by atoms with van der Waals surface area (Å²) in [6, 6.07) is 11.1. The van der Waals surface area contributed by atoms with Crippen molar-refractivity contribution in [1.29, 1.82) is 5.26 Å². The van der Waals surface area contributed by atoms with E-state index in [9.17, 15) is 9.90 Å². The molecule has 2 aliphatic heterocycles. The number of carbonyl (C=O) groups excluding carboxylic acids is 1. The standard InChI is InChI=1S/C26H30N4O3.H2/c27-14-16-5-6-24-22(11-16)29-15-25(33-24)26(32)30-21-13-23(31)20(17-3-1-2-4-17)12-19(21)18-7-9-28-10-8-18;/h5-6,11-13,17-18,25,28-29,31H,1-4,7-10,15H2,(H,30,32);1H. The molecule has 0 bridgehead atoms. The Bertz CT molecular complexity index is 1090. The number of carbonyl (C=O) groups is 1. The molecule has 33 heavy (non-hydrogen) atoms. The number of phenolic OH excluding ortho intramolecular Hbond substituents is 1. The third-order valence-corrected chi connectivity index (χ3v) is 7.18. The lowest BCUT2D eigenvalue weighted by Gasteiger charge is -2.29. The van der Waals surface area contributed by atoms with Gasteiger partial charge in [-0.15, -0.1) is 0 Å². The molecule has 0 aromatic heterocycles. The minimum absolute atomic E-state index is 0. The van der Waals surface area contributed by atoms with Crippen LogP contribution >= 0.6 is 0 Å². The van der Waals surface area contributed by atoms with Crippen LogP contribution in [-0.4, -0.2) is 36.8 Å². The Labute approximate surface area is 195 Å². The number of nitriles is 1. The number of hydrogen-bond donors (Lipinski definition) is 4. The molecule has 1 atom stereocenters. The van der Waals surface area contributed by atoms with Crippen LogP contribution in [0.1, 0.15) is 68.5 Å². The molecule has 2 aromatic rings. The number of aromatic hydroxyl groups is 1. The fourth-order valence-electron chi connectivity index (χ4n) is 5.36. The van der Waals surface area contributed by atoms with Crippen molar-refractivity contribution in [3.8, 4) is 17.6 Å². The number of phenols is 1. The maximum absolute atomic E-state index is 13.2. The molecule has 0 spiro atoms. The third kappa shape index (κ3) is 4.49. The molecule has 0 radical (unpaired) electrons. The van der Waals surface area contributed by atoms with Crippen LogP contribution < -0.4 is 20.7 Å². The van der Waals surface area contributed by atoms with Gasteiger partial charge in [0, 0.05) is 13.2 Å². The zero-order chi connectivity index (χ0) is 22.8. The first-order valence-corrected chi connectivity index (χ1v) is 12.0. The molecule has 174 valence electrons. The van der Waals surface area contributed by atoms with E-state index in [4.69, 9.17) is 10.00 Å². The molecule has 2 fully saturated rings. The molecule has 5 rings (SSSR count). The van der Waals surface area contributed by atoms with Crippen LogP contribution in [0.4, 0.5) is 11.4 Å². The molecule has 1 saturated heterocycles. The quantitative estimate of drug-likeness (QED) is 0.551. The molecule has 1 aliphatic carbocycles. The number of fused-ring (bicyclic) bond motifs is 1. The van der Waals surface area contributed by atoms with Crippen LogP contribution in [0.2, 0.25) is 0 Å². The van der Waals surface area contributed by atoms with Crippen molar-refractivity contribution in [3.63, 3.8) is 0 Å². The summed E-state index contributed by atoms with van der Waals surface area (Å²) in [7, 11) is 0. The predicted molar refractivity (Wildman–Crippen MR) is 129 cm³/mol. The largest absolute Gasteiger partial charge is 0.508 e. The summed E-state index contributed by atoms with van der Waals surface area (Å²) in [6.45, 7) is 2.21. The smallest absolute Gasteiger partial charge is 0.267 e. The van der Waals surface area contributed by atoms with Crippen molar-refractivity contribution < 1.29 is 16.1 Å². The lowest BCUT2D eigenvalue weighted by Crippen LogP contribution is -2.41. The molecule has 1 saturated carbocycles. The summed E-state index contributed by atoms with van der Waals surface area (Å²) >= 11 is 0. The van der Waals surface area contributed by atoms with E-state index < -0.39 is 6.10 Å². The first-order valence-electron chi connectivity index (χ1n) is 12.0. The number of ether oxygens (including phenoxy) is 1. The van der Waals surface area contributed by atoms with Gasteiger partial charge in [-0.05, 0) is 86.0 Å². The maximum Gasteiger partial charge on any atom is 0.267 e. The van der Waals surface area contributed by atoms with E-state index in [2.05, 4.69) is 28.1 Å². The monoisotopic (exact) mass is 448 g/mol. The second kappa shape index (κ2) is 9.32. The molecule has 7 heteroatoms. The van der Waals surface area contributed by atoms with E-state index in [1.165, 1.54) is 12.8 Å². The van der Waals surface area contributed by atoms with Crippen LogP contribution in [0.3, 0.4) is 0 Å². The van der Waals surface area contributed by atoms with E-state index in [-0.39, 0.29) is 13.1 Å². The van der Waals surface area contributed by atoms with Gasteiger partial charge >= 0.3 is 0 Å². The van der Waals surface area contributed by atoms with Gasteiger partial charge in [0.1, 0.15) is 11.5 Å². The highest BCUT2D eigenvalue weighted by atomic mass is 16.5. The second-order valence-corrected chi connectivity index (χ2v) is 9.30. The Morgan fingerprint density at radius 3 is 2.61 bits per heavy atom. The van der Waals surface area contributed by atoms with E-state index in [0.29, 0.717) is 41.1 Å². The van der Waals surface area contributed by atoms with Crippen molar-refractivity contribution in [2.45, 2.75) is 56.5 Å². The van der Waals surface area contributed by atoms with E-state index in [1.807, 2.05) is 0 Å². The van der Waals surface area contributed by atoms with Gasteiger partial charge < -0.3 is 25.8 Å². The van der Waals surface area contributed by atoms with Crippen LogP contribution in [0.25, 0.3) is 0 Å². The van der Waals surface area contributed by atoms with Crippen molar-refractivity contribution in [1.82, 2.24) is 5.32 Å². The molecular weight excluding hydrogens is 416 g/mol. The molecular formula is C26H32N4O3. The van der Waals surface area contributed by atoms with Gasteiger partial charge in [-0.2, -0.15) is 5.26 Å². The summed E-state index contributed by atoms with van der Waals surface area (Å²) in [5.41, 5.74) is 4.08. The number of rotatable bonds is 4. The topological polar surface area (TPSA) is 106 Å². The number of piperidine rings is 1. The number of nitrogens with one attached hydrogen (secondary N) is 3. The molecule has 2 heterocycles. The normalized spacial score (nSPS) is 20.9. The Morgan fingerprint density at radius 1 is 1.09 bits per heavy atom. The van der Waals surface area contributed by atoms with Gasteiger partial charge in [-0.3, -0.25) is 4.79 Å². The Kier molecular flexibility index (Phi) is 6.10. The average molecular weight is 449 g/mol. The van der Waals surface area contributed by atoms with Gasteiger partial charge in [-0.25, -0.2) is 0 Å². The first kappa shape index (κ1) is 21.6. The lowest BCUT2D eigenvalue weighted by atomic mass is 9.85. The third-order valence-electron chi connectivity index (χ3n) is 7.18. The molecule has 1 amide bonds. The fourth-order valence-corrected chi connectivity index (χ4v) is 5.36. The van der Waals surface area contributed by atoms with Crippen LogP contribution in [-0.2, 0) is 4.79 Å². The number of hydrogen-bond acceptors (Lipinski definition) is 6. The Balaban J connectivity index is 0.00000274. The SMILES string of the molecule is N#Cc1ccc2c(c1)NCC(C(=O)Nc1cc(O)c(C3CCCC3)cc1C1CCNCC1)O2.[HH]. The highest BCUT2D eigenvalue weighted by molar-refractivity contribution is 5.96. The van der Waals surface area contributed by atoms with Gasteiger partial charge in [0.15, 0.2) is 6.10 Å². The predicted octanol–water partition coefficient (Wildman–Crippen LogP) is 4.45. The van der Waals surface area contributed by atoms with Crippen LogP contribution in [0, 0.1) is 11.3 Å². The number of benzene rings is 2. The Hall–Kier alpha value is -3.24. The van der Waals surface area contributed by atoms with E-state index in [1.54, 1.807) is 24.3 Å². The summed E-state index contributed by atoms with van der Waals surface area (Å²) in [4.78, 5) is 13.2. The highest BCUT2D eigenvalue weighted by Crippen LogP contribution is 2.43. The van der Waals surface area contributed by atoms with Gasteiger partial charge in [-0.1, -0.05) is 12.8 Å². The average Bonchev–Trinajstić information content (AvgIpc) is 3.38. The summed E-state index contributed by atoms with van der Waals surface area (Å²) in [5.74, 6) is 1.32. The first-order chi connectivity index (χ1) is 16.1.